The Morgan fingerprint density at radius 3 is 2.76 bits per heavy atom. The lowest BCUT2D eigenvalue weighted by atomic mass is 10.1. The SMILES string of the molecule is C/C(=C/CCNC(C)(C)C)Cc1cccnc1. The van der Waals surface area contributed by atoms with E-state index in [4.69, 9.17) is 0 Å². The second-order valence-corrected chi connectivity index (χ2v) is 5.55. The molecule has 0 amide bonds. The first kappa shape index (κ1) is 13.9. The molecule has 1 aromatic rings. The van der Waals surface area contributed by atoms with Crippen LogP contribution in [0.25, 0.3) is 0 Å². The summed E-state index contributed by atoms with van der Waals surface area (Å²) in [5.74, 6) is 0. The zero-order chi connectivity index (χ0) is 12.7. The molecule has 0 radical (unpaired) electrons. The third-order valence-corrected chi connectivity index (χ3v) is 2.50. The second kappa shape index (κ2) is 6.55. The minimum absolute atomic E-state index is 0.213. The maximum absolute atomic E-state index is 4.13. The molecule has 0 spiro atoms. The molecule has 0 bridgehead atoms. The first-order valence-corrected chi connectivity index (χ1v) is 6.27. The molecule has 0 saturated carbocycles. The van der Waals surface area contributed by atoms with Crippen molar-refractivity contribution in [3.8, 4) is 0 Å². The molecule has 0 aliphatic rings. The standard InChI is InChI=1S/C15H24N2/c1-13(7-5-10-17-15(2,3)4)11-14-8-6-9-16-12-14/h6-9,12,17H,5,10-11H2,1-4H3/b13-7-. The molecule has 1 aromatic heterocycles. The van der Waals surface area contributed by atoms with E-state index in [0.717, 1.165) is 19.4 Å². The monoisotopic (exact) mass is 232 g/mol. The van der Waals surface area contributed by atoms with Gasteiger partial charge < -0.3 is 5.32 Å². The van der Waals surface area contributed by atoms with Gasteiger partial charge in [0, 0.05) is 17.9 Å². The Bertz CT molecular complexity index is 347. The van der Waals surface area contributed by atoms with Crippen LogP contribution < -0.4 is 5.32 Å². The van der Waals surface area contributed by atoms with Crippen molar-refractivity contribution in [1.29, 1.82) is 0 Å². The van der Waals surface area contributed by atoms with Crippen molar-refractivity contribution in [2.75, 3.05) is 6.54 Å². The summed E-state index contributed by atoms with van der Waals surface area (Å²) in [6.07, 6.45) is 8.15. The molecule has 0 saturated heterocycles. The summed E-state index contributed by atoms with van der Waals surface area (Å²) in [6.45, 7) is 9.80. The van der Waals surface area contributed by atoms with Gasteiger partial charge in [-0.25, -0.2) is 0 Å². The second-order valence-electron chi connectivity index (χ2n) is 5.55. The van der Waals surface area contributed by atoms with E-state index < -0.39 is 0 Å². The number of hydrogen-bond acceptors (Lipinski definition) is 2. The molecule has 1 heterocycles. The largest absolute Gasteiger partial charge is 0.312 e. The first-order valence-electron chi connectivity index (χ1n) is 6.27. The van der Waals surface area contributed by atoms with Gasteiger partial charge in [0.05, 0.1) is 0 Å². The third-order valence-electron chi connectivity index (χ3n) is 2.50. The van der Waals surface area contributed by atoms with Gasteiger partial charge in [-0.2, -0.15) is 0 Å². The summed E-state index contributed by atoms with van der Waals surface area (Å²) in [6, 6.07) is 4.11. The van der Waals surface area contributed by atoms with Crippen LogP contribution in [0.1, 0.15) is 39.7 Å². The van der Waals surface area contributed by atoms with E-state index in [2.05, 4.69) is 50.1 Å². The molecule has 0 unspecified atom stereocenters. The van der Waals surface area contributed by atoms with Crippen molar-refractivity contribution in [1.82, 2.24) is 10.3 Å². The average Bonchev–Trinajstić information content (AvgIpc) is 2.25. The van der Waals surface area contributed by atoms with Crippen LogP contribution in [0, 0.1) is 0 Å². The van der Waals surface area contributed by atoms with Gasteiger partial charge in [0.25, 0.3) is 0 Å². The Kier molecular flexibility index (Phi) is 5.36. The van der Waals surface area contributed by atoms with E-state index in [9.17, 15) is 0 Å². The van der Waals surface area contributed by atoms with Crippen molar-refractivity contribution < 1.29 is 0 Å². The fraction of sp³-hybridized carbons (Fsp3) is 0.533. The number of nitrogens with one attached hydrogen (secondary N) is 1. The molecule has 0 aliphatic carbocycles. The number of hydrogen-bond donors (Lipinski definition) is 1. The molecule has 1 rings (SSSR count). The Morgan fingerprint density at radius 2 is 2.18 bits per heavy atom. The van der Waals surface area contributed by atoms with Crippen molar-refractivity contribution in [3.05, 3.63) is 41.7 Å². The average molecular weight is 232 g/mol. The van der Waals surface area contributed by atoms with Gasteiger partial charge in [-0.3, -0.25) is 4.98 Å². The molecule has 1 N–H and O–H groups in total. The third kappa shape index (κ3) is 6.90. The van der Waals surface area contributed by atoms with Crippen molar-refractivity contribution in [2.45, 2.75) is 46.1 Å². The number of rotatable bonds is 5. The molecule has 0 aromatic carbocycles. The predicted octanol–water partition coefficient (Wildman–Crippen LogP) is 3.35. The predicted molar refractivity (Wildman–Crippen MR) is 74.1 cm³/mol. The highest BCUT2D eigenvalue weighted by molar-refractivity contribution is 5.17. The summed E-state index contributed by atoms with van der Waals surface area (Å²) in [7, 11) is 0. The van der Waals surface area contributed by atoms with Crippen molar-refractivity contribution in [3.63, 3.8) is 0 Å². The Labute approximate surface area is 105 Å². The Hall–Kier alpha value is -1.15. The molecule has 0 atom stereocenters. The minimum Gasteiger partial charge on any atom is -0.312 e. The molecule has 0 fully saturated rings. The molecular formula is C15H24N2. The zero-order valence-electron chi connectivity index (χ0n) is 11.5. The van der Waals surface area contributed by atoms with Gasteiger partial charge in [0.1, 0.15) is 0 Å². The fourth-order valence-electron chi connectivity index (χ4n) is 1.66. The van der Waals surface area contributed by atoms with Crippen LogP contribution in [-0.2, 0) is 6.42 Å². The van der Waals surface area contributed by atoms with Crippen LogP contribution in [0.2, 0.25) is 0 Å². The number of pyridine rings is 1. The molecular weight excluding hydrogens is 208 g/mol. The minimum atomic E-state index is 0.213. The van der Waals surface area contributed by atoms with E-state index in [1.54, 1.807) is 0 Å². The molecule has 2 heteroatoms. The lowest BCUT2D eigenvalue weighted by molar-refractivity contribution is 0.431. The van der Waals surface area contributed by atoms with Gasteiger partial charge in [0.2, 0.25) is 0 Å². The quantitative estimate of drug-likeness (QED) is 0.622. The van der Waals surface area contributed by atoms with Gasteiger partial charge in [-0.15, -0.1) is 0 Å². The van der Waals surface area contributed by atoms with Gasteiger partial charge in [-0.1, -0.05) is 17.7 Å². The van der Waals surface area contributed by atoms with Crippen LogP contribution in [0.4, 0.5) is 0 Å². The highest BCUT2D eigenvalue weighted by atomic mass is 14.9. The lowest BCUT2D eigenvalue weighted by Crippen LogP contribution is -2.36. The number of nitrogens with zero attached hydrogens (tertiary/aromatic N) is 1. The zero-order valence-corrected chi connectivity index (χ0v) is 11.5. The van der Waals surface area contributed by atoms with E-state index >= 15 is 0 Å². The van der Waals surface area contributed by atoms with Crippen molar-refractivity contribution in [2.24, 2.45) is 0 Å². The molecule has 17 heavy (non-hydrogen) atoms. The van der Waals surface area contributed by atoms with E-state index in [-0.39, 0.29) is 5.54 Å². The fourth-order valence-corrected chi connectivity index (χ4v) is 1.66. The van der Waals surface area contributed by atoms with Crippen molar-refractivity contribution >= 4 is 0 Å². The number of allylic oxidation sites excluding steroid dienone is 1. The smallest absolute Gasteiger partial charge is 0.0303 e. The summed E-state index contributed by atoms with van der Waals surface area (Å²) >= 11 is 0. The van der Waals surface area contributed by atoms with Crippen LogP contribution >= 0.6 is 0 Å². The lowest BCUT2D eigenvalue weighted by Gasteiger charge is -2.19. The van der Waals surface area contributed by atoms with Crippen LogP contribution in [0.3, 0.4) is 0 Å². The van der Waals surface area contributed by atoms with Crippen LogP contribution in [0.5, 0.6) is 0 Å². The highest BCUT2D eigenvalue weighted by Gasteiger charge is 2.06. The Balaban J connectivity index is 2.31. The first-order chi connectivity index (χ1) is 7.97. The number of aromatic nitrogens is 1. The van der Waals surface area contributed by atoms with E-state index in [1.165, 1.54) is 11.1 Å². The topological polar surface area (TPSA) is 24.9 Å². The van der Waals surface area contributed by atoms with Gasteiger partial charge >= 0.3 is 0 Å². The molecule has 94 valence electrons. The summed E-state index contributed by atoms with van der Waals surface area (Å²) in [5.41, 5.74) is 2.91. The summed E-state index contributed by atoms with van der Waals surface area (Å²) in [4.78, 5) is 4.13. The van der Waals surface area contributed by atoms with Crippen LogP contribution in [-0.4, -0.2) is 17.1 Å². The molecule has 2 nitrogen and oxygen atoms in total. The Morgan fingerprint density at radius 1 is 1.41 bits per heavy atom. The van der Waals surface area contributed by atoms with Gasteiger partial charge in [0.15, 0.2) is 0 Å². The maximum Gasteiger partial charge on any atom is 0.0303 e. The maximum atomic E-state index is 4.13. The van der Waals surface area contributed by atoms with E-state index in [0.29, 0.717) is 0 Å². The normalized spacial score (nSPS) is 12.8. The van der Waals surface area contributed by atoms with Crippen LogP contribution in [0.15, 0.2) is 36.2 Å². The van der Waals surface area contributed by atoms with E-state index in [1.807, 2.05) is 18.5 Å². The van der Waals surface area contributed by atoms with Gasteiger partial charge in [-0.05, 0) is 58.7 Å². The highest BCUT2D eigenvalue weighted by Crippen LogP contribution is 2.07. The summed E-state index contributed by atoms with van der Waals surface area (Å²) < 4.78 is 0. The summed E-state index contributed by atoms with van der Waals surface area (Å²) in [5, 5.41) is 3.48. The molecule has 0 aliphatic heterocycles.